The molecule has 180 valence electrons. The number of carbonyl (C=O) groups excluding carboxylic acids is 2. The summed E-state index contributed by atoms with van der Waals surface area (Å²) >= 11 is 0. The van der Waals surface area contributed by atoms with Crippen molar-refractivity contribution in [3.8, 4) is 5.75 Å². The highest BCUT2D eigenvalue weighted by Crippen LogP contribution is 2.44. The largest absolute Gasteiger partial charge is 0.507 e. The molecule has 0 saturated carbocycles. The average molecular weight is 471 g/mol. The highest BCUT2D eigenvalue weighted by Gasteiger charge is 2.47. The summed E-state index contributed by atoms with van der Waals surface area (Å²) in [7, 11) is 1.50. The maximum absolute atomic E-state index is 13.4. The predicted octanol–water partition coefficient (Wildman–Crippen LogP) is 5.48. The minimum atomic E-state index is -0.777. The van der Waals surface area contributed by atoms with Gasteiger partial charge in [0.2, 0.25) is 0 Å². The number of aliphatic hydroxyl groups is 1. The molecule has 0 spiro atoms. The summed E-state index contributed by atoms with van der Waals surface area (Å²) in [4.78, 5) is 30.5. The molecular formula is C29H30N2O4. The molecule has 1 aliphatic heterocycles. The van der Waals surface area contributed by atoms with Crippen LogP contribution in [0.25, 0.3) is 5.76 Å². The van der Waals surface area contributed by atoms with Crippen LogP contribution in [0.3, 0.4) is 0 Å². The Morgan fingerprint density at radius 1 is 0.943 bits per heavy atom. The van der Waals surface area contributed by atoms with Gasteiger partial charge in [-0.1, -0.05) is 36.4 Å². The zero-order valence-electron chi connectivity index (χ0n) is 20.5. The second-order valence-electron chi connectivity index (χ2n) is 8.41. The van der Waals surface area contributed by atoms with Gasteiger partial charge in [-0.15, -0.1) is 0 Å². The third-order valence-corrected chi connectivity index (χ3v) is 6.55. The Kier molecular flexibility index (Phi) is 6.92. The van der Waals surface area contributed by atoms with E-state index in [1.54, 1.807) is 24.3 Å². The number of rotatable bonds is 7. The lowest BCUT2D eigenvalue weighted by Crippen LogP contribution is -2.30. The monoisotopic (exact) mass is 470 g/mol. The molecule has 0 aliphatic carbocycles. The lowest BCUT2D eigenvalue weighted by molar-refractivity contribution is -0.132. The predicted molar refractivity (Wildman–Crippen MR) is 139 cm³/mol. The van der Waals surface area contributed by atoms with E-state index in [2.05, 4.69) is 18.7 Å². The Hall–Kier alpha value is -4.06. The SMILES string of the molecule is CCN(CC)c1ccc(N2C(=O)C(=O)/C(=C(/O)c3ccccc3OC)C2c2ccccc2C)cc1. The van der Waals surface area contributed by atoms with Gasteiger partial charge < -0.3 is 14.7 Å². The third kappa shape index (κ3) is 4.28. The first-order valence-electron chi connectivity index (χ1n) is 11.8. The smallest absolute Gasteiger partial charge is 0.300 e. The molecule has 1 fully saturated rings. The summed E-state index contributed by atoms with van der Waals surface area (Å²) in [6.45, 7) is 7.84. The van der Waals surface area contributed by atoms with Crippen molar-refractivity contribution in [3.05, 3.63) is 95.1 Å². The number of anilines is 2. The van der Waals surface area contributed by atoms with E-state index >= 15 is 0 Å². The molecule has 1 atom stereocenters. The minimum Gasteiger partial charge on any atom is -0.507 e. The number of para-hydroxylation sites is 1. The van der Waals surface area contributed by atoms with Crippen LogP contribution < -0.4 is 14.5 Å². The first-order valence-corrected chi connectivity index (χ1v) is 11.8. The van der Waals surface area contributed by atoms with E-state index in [-0.39, 0.29) is 11.3 Å². The zero-order chi connectivity index (χ0) is 25.1. The molecule has 4 rings (SSSR count). The summed E-state index contributed by atoms with van der Waals surface area (Å²) < 4.78 is 5.41. The van der Waals surface area contributed by atoms with Crippen LogP contribution in [-0.2, 0) is 9.59 Å². The number of benzene rings is 3. The van der Waals surface area contributed by atoms with E-state index in [0.29, 0.717) is 17.0 Å². The molecule has 6 heteroatoms. The molecule has 1 saturated heterocycles. The quantitative estimate of drug-likeness (QED) is 0.281. The van der Waals surface area contributed by atoms with Gasteiger partial charge in [-0.3, -0.25) is 14.5 Å². The number of nitrogens with zero attached hydrogens (tertiary/aromatic N) is 2. The van der Waals surface area contributed by atoms with Crippen LogP contribution in [0.5, 0.6) is 5.75 Å². The van der Waals surface area contributed by atoms with E-state index in [4.69, 9.17) is 4.74 Å². The maximum atomic E-state index is 13.4. The number of ketones is 1. The normalized spacial score (nSPS) is 17.0. The molecule has 0 radical (unpaired) electrons. The van der Waals surface area contributed by atoms with Crippen LogP contribution in [0.4, 0.5) is 11.4 Å². The number of methoxy groups -OCH3 is 1. The van der Waals surface area contributed by atoms with Gasteiger partial charge in [0.1, 0.15) is 11.5 Å². The third-order valence-electron chi connectivity index (χ3n) is 6.55. The molecule has 1 aliphatic rings. The molecule has 35 heavy (non-hydrogen) atoms. The number of ether oxygens (including phenoxy) is 1. The maximum Gasteiger partial charge on any atom is 0.300 e. The van der Waals surface area contributed by atoms with Crippen molar-refractivity contribution in [1.29, 1.82) is 0 Å². The number of carbonyl (C=O) groups is 2. The standard InChI is InChI=1S/C29H30N2O4/c1-5-30(6-2)20-15-17-21(18-16-20)31-26(22-12-8-7-11-19(22)3)25(28(33)29(31)34)27(32)23-13-9-10-14-24(23)35-4/h7-18,26,32H,5-6H2,1-4H3/b27-25+. The van der Waals surface area contributed by atoms with Crippen molar-refractivity contribution in [3.63, 3.8) is 0 Å². The van der Waals surface area contributed by atoms with Gasteiger partial charge in [0.15, 0.2) is 0 Å². The van der Waals surface area contributed by atoms with Crippen LogP contribution in [0.1, 0.15) is 36.6 Å². The van der Waals surface area contributed by atoms with Crippen molar-refractivity contribution < 1.29 is 19.4 Å². The van der Waals surface area contributed by atoms with Crippen LogP contribution in [0.2, 0.25) is 0 Å². The fraction of sp³-hybridized carbons (Fsp3) is 0.241. The molecule has 1 unspecified atom stereocenters. The number of hydrogen-bond donors (Lipinski definition) is 1. The Balaban J connectivity index is 1.91. The van der Waals surface area contributed by atoms with Gasteiger partial charge in [0.25, 0.3) is 11.7 Å². The summed E-state index contributed by atoms with van der Waals surface area (Å²) in [6.07, 6.45) is 0. The minimum absolute atomic E-state index is 0.0432. The molecule has 6 nitrogen and oxygen atoms in total. The van der Waals surface area contributed by atoms with Crippen molar-refractivity contribution in [1.82, 2.24) is 0 Å². The molecule has 1 amide bonds. The van der Waals surface area contributed by atoms with Crippen molar-refractivity contribution in [2.45, 2.75) is 26.8 Å². The number of aliphatic hydroxyl groups excluding tert-OH is 1. The van der Waals surface area contributed by atoms with Crippen LogP contribution in [-0.4, -0.2) is 37.0 Å². The fourth-order valence-corrected chi connectivity index (χ4v) is 4.68. The molecule has 3 aromatic rings. The van der Waals surface area contributed by atoms with E-state index in [1.165, 1.54) is 12.0 Å². The Morgan fingerprint density at radius 3 is 2.20 bits per heavy atom. The molecule has 0 bridgehead atoms. The topological polar surface area (TPSA) is 70.1 Å². The first kappa shape index (κ1) is 24.1. The van der Waals surface area contributed by atoms with Gasteiger partial charge >= 0.3 is 0 Å². The van der Waals surface area contributed by atoms with Gasteiger partial charge in [-0.2, -0.15) is 0 Å². The highest BCUT2D eigenvalue weighted by molar-refractivity contribution is 6.51. The van der Waals surface area contributed by atoms with Gasteiger partial charge in [-0.25, -0.2) is 0 Å². The molecular weight excluding hydrogens is 440 g/mol. The summed E-state index contributed by atoms with van der Waals surface area (Å²) in [6, 6.07) is 21.4. The lowest BCUT2D eigenvalue weighted by Gasteiger charge is -2.28. The van der Waals surface area contributed by atoms with Crippen LogP contribution >= 0.6 is 0 Å². The number of hydrogen-bond acceptors (Lipinski definition) is 5. The fourth-order valence-electron chi connectivity index (χ4n) is 4.68. The van der Waals surface area contributed by atoms with E-state index in [9.17, 15) is 14.7 Å². The number of aryl methyl sites for hydroxylation is 1. The number of amides is 1. The Labute approximate surface area is 206 Å². The van der Waals surface area contributed by atoms with Gasteiger partial charge in [0.05, 0.1) is 24.3 Å². The highest BCUT2D eigenvalue weighted by atomic mass is 16.5. The first-order chi connectivity index (χ1) is 16.9. The Bertz CT molecular complexity index is 1280. The lowest BCUT2D eigenvalue weighted by atomic mass is 9.92. The summed E-state index contributed by atoms with van der Waals surface area (Å²) in [5.41, 5.74) is 3.73. The van der Waals surface area contributed by atoms with E-state index < -0.39 is 17.7 Å². The molecule has 3 aromatic carbocycles. The van der Waals surface area contributed by atoms with Crippen molar-refractivity contribution in [2.24, 2.45) is 0 Å². The molecule has 1 N–H and O–H groups in total. The summed E-state index contributed by atoms with van der Waals surface area (Å²) in [5, 5.41) is 11.4. The zero-order valence-corrected chi connectivity index (χ0v) is 20.5. The average Bonchev–Trinajstić information content (AvgIpc) is 3.15. The van der Waals surface area contributed by atoms with E-state index in [1.807, 2.05) is 55.5 Å². The molecule has 0 aromatic heterocycles. The van der Waals surface area contributed by atoms with Crippen molar-refractivity contribution >= 4 is 28.8 Å². The number of Topliss-reactive ketones (excluding diaryl/α,β-unsaturated/α-hetero) is 1. The van der Waals surface area contributed by atoms with Crippen molar-refractivity contribution in [2.75, 3.05) is 30.0 Å². The Morgan fingerprint density at radius 2 is 1.57 bits per heavy atom. The summed E-state index contributed by atoms with van der Waals surface area (Å²) in [5.74, 6) is -1.24. The van der Waals surface area contributed by atoms with Crippen LogP contribution in [0.15, 0.2) is 78.4 Å². The van der Waals surface area contributed by atoms with E-state index in [0.717, 1.165) is 29.9 Å². The second kappa shape index (κ2) is 10.1. The molecule has 1 heterocycles. The van der Waals surface area contributed by atoms with Gasteiger partial charge in [-0.05, 0) is 68.3 Å². The van der Waals surface area contributed by atoms with Crippen LogP contribution in [0, 0.1) is 6.92 Å². The van der Waals surface area contributed by atoms with Gasteiger partial charge in [0, 0.05) is 24.5 Å². The second-order valence-corrected chi connectivity index (χ2v) is 8.41.